The Balaban J connectivity index is 0.00000225. The number of hydrogen-bond donors (Lipinski definition) is 2. The molecular weight excluding hydrogens is 344 g/mol. The van der Waals surface area contributed by atoms with E-state index in [-0.39, 0.29) is 30.9 Å². The third-order valence-electron chi connectivity index (χ3n) is 4.09. The van der Waals surface area contributed by atoms with Gasteiger partial charge in [0.2, 0.25) is 11.8 Å². The maximum absolute atomic E-state index is 12.3. The molecule has 1 aliphatic heterocycles. The Bertz CT molecular complexity index is 707. The summed E-state index contributed by atoms with van der Waals surface area (Å²) in [5.74, 6) is 1.09. The smallest absolute Gasteiger partial charge is 0.240 e. The highest BCUT2D eigenvalue weighted by atomic mass is 35.5. The molecular formula is C17H23ClN4O3. The van der Waals surface area contributed by atoms with Gasteiger partial charge < -0.3 is 14.6 Å². The van der Waals surface area contributed by atoms with Crippen LogP contribution in [0.4, 0.5) is 5.88 Å². The number of carbonyl (C=O) groups is 1. The molecule has 0 radical (unpaired) electrons. The molecule has 1 fully saturated rings. The van der Waals surface area contributed by atoms with E-state index in [0.29, 0.717) is 5.88 Å². The van der Waals surface area contributed by atoms with Crippen LogP contribution < -0.4 is 15.4 Å². The van der Waals surface area contributed by atoms with Gasteiger partial charge in [0.1, 0.15) is 5.75 Å². The fourth-order valence-electron chi connectivity index (χ4n) is 2.97. The van der Waals surface area contributed by atoms with E-state index in [0.717, 1.165) is 36.6 Å². The maximum Gasteiger partial charge on any atom is 0.240 e. The molecule has 2 aromatic rings. The van der Waals surface area contributed by atoms with Crippen molar-refractivity contribution in [2.45, 2.75) is 13.0 Å². The van der Waals surface area contributed by atoms with Crippen molar-refractivity contribution in [1.82, 2.24) is 15.4 Å². The zero-order valence-electron chi connectivity index (χ0n) is 14.3. The lowest BCUT2D eigenvalue weighted by molar-refractivity contribution is -0.118. The predicted molar refractivity (Wildman–Crippen MR) is 97.3 cm³/mol. The highest BCUT2D eigenvalue weighted by molar-refractivity contribution is 5.91. The first kappa shape index (κ1) is 19.2. The molecule has 8 heteroatoms. The lowest BCUT2D eigenvalue weighted by Crippen LogP contribution is -2.48. The van der Waals surface area contributed by atoms with Crippen molar-refractivity contribution in [3.63, 3.8) is 0 Å². The number of carbonyl (C=O) groups excluding carboxylic acids is 1. The quantitative estimate of drug-likeness (QED) is 0.842. The van der Waals surface area contributed by atoms with Crippen molar-refractivity contribution >= 4 is 24.2 Å². The molecule has 2 heterocycles. The van der Waals surface area contributed by atoms with Gasteiger partial charge in [-0.05, 0) is 13.0 Å². The van der Waals surface area contributed by atoms with E-state index in [1.807, 2.05) is 31.2 Å². The van der Waals surface area contributed by atoms with Gasteiger partial charge in [0, 0.05) is 31.3 Å². The van der Waals surface area contributed by atoms with Crippen molar-refractivity contribution in [2.75, 3.05) is 38.6 Å². The Hall–Kier alpha value is -2.09. The van der Waals surface area contributed by atoms with Crippen LogP contribution in [0.3, 0.4) is 0 Å². The van der Waals surface area contributed by atoms with Crippen LogP contribution in [0.1, 0.15) is 17.3 Å². The number of ether oxygens (including phenoxy) is 1. The predicted octanol–water partition coefficient (Wildman–Crippen LogP) is 2.00. The summed E-state index contributed by atoms with van der Waals surface area (Å²) in [6.45, 7) is 4.50. The van der Waals surface area contributed by atoms with Gasteiger partial charge in [-0.3, -0.25) is 15.0 Å². The molecule has 1 aromatic carbocycles. The number of nitrogens with zero attached hydrogens (tertiary/aromatic N) is 2. The minimum Gasteiger partial charge on any atom is -0.496 e. The van der Waals surface area contributed by atoms with Gasteiger partial charge in [-0.25, -0.2) is 0 Å². The molecule has 2 N–H and O–H groups in total. The van der Waals surface area contributed by atoms with Crippen LogP contribution >= 0.6 is 12.4 Å². The third kappa shape index (κ3) is 4.72. The van der Waals surface area contributed by atoms with Gasteiger partial charge in [0.05, 0.1) is 25.4 Å². The first-order valence-corrected chi connectivity index (χ1v) is 7.98. The first-order valence-electron chi connectivity index (χ1n) is 7.98. The van der Waals surface area contributed by atoms with Gasteiger partial charge in [-0.2, -0.15) is 0 Å². The van der Waals surface area contributed by atoms with Crippen molar-refractivity contribution in [3.05, 3.63) is 41.6 Å². The number of methoxy groups -OCH3 is 1. The summed E-state index contributed by atoms with van der Waals surface area (Å²) < 4.78 is 10.5. The summed E-state index contributed by atoms with van der Waals surface area (Å²) in [6.07, 6.45) is 0. The average molecular weight is 367 g/mol. The topological polar surface area (TPSA) is 79.6 Å². The number of aromatic nitrogens is 1. The molecule has 0 spiro atoms. The van der Waals surface area contributed by atoms with Crippen LogP contribution in [0, 0.1) is 6.92 Å². The van der Waals surface area contributed by atoms with Crippen LogP contribution in [-0.2, 0) is 4.79 Å². The lowest BCUT2D eigenvalue weighted by atomic mass is 10.0. The maximum atomic E-state index is 12.3. The SMILES string of the molecule is COc1ccccc1C1CNCCN1CC(=O)Nc1cc(C)no1.Cl. The lowest BCUT2D eigenvalue weighted by Gasteiger charge is -2.36. The molecule has 0 bridgehead atoms. The number of piperazine rings is 1. The number of para-hydroxylation sites is 1. The summed E-state index contributed by atoms with van der Waals surface area (Å²) in [4.78, 5) is 14.5. The van der Waals surface area contributed by atoms with Crippen molar-refractivity contribution in [3.8, 4) is 5.75 Å². The van der Waals surface area contributed by atoms with E-state index in [1.54, 1.807) is 13.2 Å². The van der Waals surface area contributed by atoms with E-state index in [1.165, 1.54) is 0 Å². The van der Waals surface area contributed by atoms with Gasteiger partial charge in [-0.1, -0.05) is 23.4 Å². The van der Waals surface area contributed by atoms with E-state index < -0.39 is 0 Å². The fraction of sp³-hybridized carbons (Fsp3) is 0.412. The van der Waals surface area contributed by atoms with E-state index in [9.17, 15) is 4.79 Å². The molecule has 1 atom stereocenters. The van der Waals surface area contributed by atoms with Crippen LogP contribution in [0.15, 0.2) is 34.9 Å². The molecule has 0 aliphatic carbocycles. The summed E-state index contributed by atoms with van der Waals surface area (Å²) >= 11 is 0. The second-order valence-electron chi connectivity index (χ2n) is 5.81. The second-order valence-corrected chi connectivity index (χ2v) is 5.81. The van der Waals surface area contributed by atoms with Crippen molar-refractivity contribution in [2.24, 2.45) is 0 Å². The summed E-state index contributed by atoms with van der Waals surface area (Å²) in [5, 5.41) is 9.90. The Kier molecular flexibility index (Phi) is 6.81. The normalized spacial score (nSPS) is 17.6. The number of anilines is 1. The fourth-order valence-corrected chi connectivity index (χ4v) is 2.97. The minimum absolute atomic E-state index is 0. The monoisotopic (exact) mass is 366 g/mol. The van der Waals surface area contributed by atoms with Crippen molar-refractivity contribution < 1.29 is 14.1 Å². The van der Waals surface area contributed by atoms with Crippen molar-refractivity contribution in [1.29, 1.82) is 0 Å². The first-order chi connectivity index (χ1) is 11.7. The number of halogens is 1. The largest absolute Gasteiger partial charge is 0.496 e. The molecule has 0 saturated carbocycles. The number of hydrogen-bond acceptors (Lipinski definition) is 6. The molecule has 25 heavy (non-hydrogen) atoms. The molecule has 1 amide bonds. The van der Waals surface area contributed by atoms with Crippen LogP contribution in [0.5, 0.6) is 5.75 Å². The molecule has 1 aromatic heterocycles. The molecule has 1 unspecified atom stereocenters. The summed E-state index contributed by atoms with van der Waals surface area (Å²) in [5.41, 5.74) is 1.81. The van der Waals surface area contributed by atoms with Gasteiger partial charge >= 0.3 is 0 Å². The molecule has 1 aliphatic rings. The number of amides is 1. The Labute approximate surface area is 153 Å². The zero-order chi connectivity index (χ0) is 16.9. The van der Waals surface area contributed by atoms with Crippen LogP contribution in [0.2, 0.25) is 0 Å². The van der Waals surface area contributed by atoms with Gasteiger partial charge in [-0.15, -0.1) is 12.4 Å². The number of benzene rings is 1. The molecule has 136 valence electrons. The minimum atomic E-state index is -0.118. The third-order valence-corrected chi connectivity index (χ3v) is 4.09. The summed E-state index contributed by atoms with van der Waals surface area (Å²) in [6, 6.07) is 9.70. The highest BCUT2D eigenvalue weighted by Crippen LogP contribution is 2.29. The molecule has 3 rings (SSSR count). The summed E-state index contributed by atoms with van der Waals surface area (Å²) in [7, 11) is 1.67. The van der Waals surface area contributed by atoms with Crippen LogP contribution in [0.25, 0.3) is 0 Å². The zero-order valence-corrected chi connectivity index (χ0v) is 15.1. The molecule has 1 saturated heterocycles. The van der Waals surface area contributed by atoms with E-state index in [4.69, 9.17) is 9.26 Å². The Morgan fingerprint density at radius 1 is 1.48 bits per heavy atom. The van der Waals surface area contributed by atoms with E-state index >= 15 is 0 Å². The Morgan fingerprint density at radius 3 is 3.00 bits per heavy atom. The average Bonchev–Trinajstić information content (AvgIpc) is 3.00. The molecule has 7 nitrogen and oxygen atoms in total. The van der Waals surface area contributed by atoms with Gasteiger partial charge in [0.15, 0.2) is 0 Å². The van der Waals surface area contributed by atoms with Gasteiger partial charge in [0.25, 0.3) is 0 Å². The number of rotatable bonds is 5. The number of nitrogens with one attached hydrogen (secondary N) is 2. The standard InChI is InChI=1S/C17H22N4O3.ClH/c1-12-9-17(24-20-12)19-16(22)11-21-8-7-18-10-14(21)13-5-3-4-6-15(13)23-2;/h3-6,9,14,18H,7-8,10-11H2,1-2H3,(H,19,22);1H. The number of aryl methyl sites for hydroxylation is 1. The Morgan fingerprint density at radius 2 is 2.28 bits per heavy atom. The van der Waals surface area contributed by atoms with Crippen LogP contribution in [-0.4, -0.2) is 49.3 Å². The second kappa shape index (κ2) is 8.84. The highest BCUT2D eigenvalue weighted by Gasteiger charge is 2.27. The van der Waals surface area contributed by atoms with E-state index in [2.05, 4.69) is 20.7 Å².